The topological polar surface area (TPSA) is 47.3 Å². The van der Waals surface area contributed by atoms with Gasteiger partial charge in [0.2, 0.25) is 0 Å². The number of nitrogens with zero attached hydrogens (tertiary/aromatic N) is 2. The van der Waals surface area contributed by atoms with Gasteiger partial charge in [0.1, 0.15) is 28.2 Å². The van der Waals surface area contributed by atoms with Crippen molar-refractivity contribution in [1.82, 2.24) is 9.78 Å². The second-order valence-electron chi connectivity index (χ2n) is 4.36. The quantitative estimate of drug-likeness (QED) is 0.355. The maximum absolute atomic E-state index is 12.5. The molecule has 0 amide bonds. The first-order valence-electron chi connectivity index (χ1n) is 6.07. The van der Waals surface area contributed by atoms with E-state index >= 15 is 0 Å². The van der Waals surface area contributed by atoms with E-state index in [1.54, 1.807) is 0 Å². The third-order valence-electron chi connectivity index (χ3n) is 2.63. The number of thioether (sulfide) groups is 1. The summed E-state index contributed by atoms with van der Waals surface area (Å²) in [6.45, 7) is 0. The van der Waals surface area contributed by atoms with Gasteiger partial charge in [-0.2, -0.15) is 5.10 Å². The van der Waals surface area contributed by atoms with Crippen molar-refractivity contribution in [3.63, 3.8) is 0 Å². The zero-order chi connectivity index (χ0) is 19.0. The van der Waals surface area contributed by atoms with Gasteiger partial charge in [-0.25, -0.2) is 9.07 Å². The Morgan fingerprint density at radius 1 is 1.16 bits per heavy atom. The molecular weight excluding hydrogens is 454 g/mol. The molecule has 0 aliphatic carbocycles. The summed E-state index contributed by atoms with van der Waals surface area (Å²) in [6, 6.07) is 2.02. The van der Waals surface area contributed by atoms with Gasteiger partial charge in [0, 0.05) is 12.1 Å². The van der Waals surface area contributed by atoms with Crippen molar-refractivity contribution in [1.29, 1.82) is 0 Å². The van der Waals surface area contributed by atoms with Crippen LogP contribution in [0.4, 0.5) is 17.6 Å². The van der Waals surface area contributed by atoms with Crippen LogP contribution in [-0.4, -0.2) is 27.3 Å². The molecule has 0 fully saturated rings. The van der Waals surface area contributed by atoms with Crippen molar-refractivity contribution in [2.45, 2.75) is 15.9 Å². The van der Waals surface area contributed by atoms with Crippen LogP contribution in [0.25, 0.3) is 5.69 Å². The SMILES string of the molecule is OC(Cl)(Cl)c1cc(SCF)nn1-c1c(Cl)cc(OC(F)(F)F)cc1Cl. The molecule has 2 aromatic rings. The molecule has 0 radical (unpaired) electrons. The van der Waals surface area contributed by atoms with Crippen LogP contribution in [0, 0.1) is 0 Å². The minimum absolute atomic E-state index is 0.0833. The number of hydrogen-bond donors (Lipinski definition) is 1. The third kappa shape index (κ3) is 5.21. The number of aromatic nitrogens is 2. The molecule has 1 N–H and O–H groups in total. The minimum atomic E-state index is -4.94. The predicted molar refractivity (Wildman–Crippen MR) is 87.7 cm³/mol. The van der Waals surface area contributed by atoms with E-state index in [0.717, 1.165) is 16.8 Å². The highest BCUT2D eigenvalue weighted by molar-refractivity contribution is 7.99. The molecule has 1 aromatic heterocycles. The first kappa shape index (κ1) is 20.7. The molecule has 0 unspecified atom stereocenters. The van der Waals surface area contributed by atoms with Gasteiger partial charge in [-0.15, -0.1) is 13.2 Å². The second-order valence-corrected chi connectivity index (χ2v) is 7.38. The average molecular weight is 460 g/mol. The molecule has 0 spiro atoms. The molecule has 25 heavy (non-hydrogen) atoms. The summed E-state index contributed by atoms with van der Waals surface area (Å²) in [4.78, 5) is 0. The van der Waals surface area contributed by atoms with E-state index in [1.807, 2.05) is 0 Å². The molecule has 138 valence electrons. The normalized spacial score (nSPS) is 12.5. The van der Waals surface area contributed by atoms with Crippen molar-refractivity contribution < 1.29 is 27.4 Å². The molecule has 4 nitrogen and oxygen atoms in total. The van der Waals surface area contributed by atoms with Gasteiger partial charge in [-0.3, -0.25) is 0 Å². The summed E-state index contributed by atoms with van der Waals surface area (Å²) in [5, 5.41) is 13.2. The lowest BCUT2D eigenvalue weighted by molar-refractivity contribution is -0.274. The average Bonchev–Trinajstić information content (AvgIpc) is 2.80. The van der Waals surface area contributed by atoms with E-state index in [1.165, 1.54) is 6.07 Å². The van der Waals surface area contributed by atoms with Crippen molar-refractivity contribution in [2.24, 2.45) is 0 Å². The van der Waals surface area contributed by atoms with Crippen LogP contribution in [-0.2, 0) is 4.52 Å². The Kier molecular flexibility index (Phi) is 6.28. The summed E-state index contributed by atoms with van der Waals surface area (Å²) < 4.78 is 51.6. The lowest BCUT2D eigenvalue weighted by atomic mass is 10.3. The fourth-order valence-electron chi connectivity index (χ4n) is 1.81. The predicted octanol–water partition coefficient (Wildman–Crippen LogP) is 5.68. The molecule has 2 rings (SSSR count). The number of halogens is 8. The van der Waals surface area contributed by atoms with Crippen LogP contribution >= 0.6 is 58.2 Å². The molecule has 13 heteroatoms. The van der Waals surface area contributed by atoms with Gasteiger partial charge >= 0.3 is 6.36 Å². The van der Waals surface area contributed by atoms with E-state index < -0.39 is 22.6 Å². The molecule has 0 atom stereocenters. The molecule has 1 heterocycles. The van der Waals surface area contributed by atoms with Crippen LogP contribution < -0.4 is 4.74 Å². The molecule has 0 saturated carbocycles. The summed E-state index contributed by atoms with van der Waals surface area (Å²) >= 11 is 23.9. The van der Waals surface area contributed by atoms with Crippen LogP contribution in [0.15, 0.2) is 23.2 Å². The highest BCUT2D eigenvalue weighted by atomic mass is 35.5. The van der Waals surface area contributed by atoms with Crippen LogP contribution in [0.3, 0.4) is 0 Å². The zero-order valence-corrected chi connectivity index (χ0v) is 15.5. The van der Waals surface area contributed by atoms with E-state index in [9.17, 15) is 22.7 Å². The van der Waals surface area contributed by atoms with E-state index in [2.05, 4.69) is 9.84 Å². The van der Waals surface area contributed by atoms with Crippen LogP contribution in [0.5, 0.6) is 5.75 Å². The first-order chi connectivity index (χ1) is 11.4. The monoisotopic (exact) mass is 458 g/mol. The summed E-state index contributed by atoms with van der Waals surface area (Å²) in [5.41, 5.74) is -0.363. The number of aliphatic hydroxyl groups is 1. The molecule has 0 aliphatic rings. The fraction of sp³-hybridized carbons (Fsp3) is 0.250. The zero-order valence-electron chi connectivity index (χ0n) is 11.6. The Hall–Kier alpha value is -0.580. The second kappa shape index (κ2) is 7.58. The van der Waals surface area contributed by atoms with Gasteiger partial charge in [-0.1, -0.05) is 58.2 Å². The van der Waals surface area contributed by atoms with Gasteiger partial charge < -0.3 is 9.84 Å². The summed E-state index contributed by atoms with van der Waals surface area (Å²) in [7, 11) is 0. The van der Waals surface area contributed by atoms with Crippen LogP contribution in [0.1, 0.15) is 5.69 Å². The number of hydrogen-bond acceptors (Lipinski definition) is 4. The maximum atomic E-state index is 12.5. The van der Waals surface area contributed by atoms with Crippen molar-refractivity contribution in [3.8, 4) is 11.4 Å². The van der Waals surface area contributed by atoms with E-state index in [-0.39, 0.29) is 26.5 Å². The molecular formula is C12H6Cl4F4N2O2S. The first-order valence-corrected chi connectivity index (χ1v) is 8.57. The molecule has 0 bridgehead atoms. The van der Waals surface area contributed by atoms with Crippen molar-refractivity contribution in [3.05, 3.63) is 33.9 Å². The highest BCUT2D eigenvalue weighted by Crippen LogP contribution is 2.40. The van der Waals surface area contributed by atoms with Gasteiger partial charge in [0.05, 0.1) is 10.0 Å². The minimum Gasteiger partial charge on any atom is -0.406 e. The van der Waals surface area contributed by atoms with Crippen molar-refractivity contribution in [2.75, 3.05) is 6.01 Å². The lowest BCUT2D eigenvalue weighted by Crippen LogP contribution is -2.18. The maximum Gasteiger partial charge on any atom is 0.573 e. The molecule has 0 aliphatic heterocycles. The standard InChI is InChI=1S/C12H6Cl4F4N2O2S/c13-6-1-5(24-12(18,19)20)2-7(14)10(6)22-8(11(15,16)23)3-9(21-22)25-4-17/h1-3,23H,4H2. The number of benzene rings is 1. The van der Waals surface area contributed by atoms with Crippen molar-refractivity contribution >= 4 is 58.2 Å². The Bertz CT molecular complexity index is 756. The number of ether oxygens (including phenoxy) is 1. The smallest absolute Gasteiger partial charge is 0.406 e. The van der Waals surface area contributed by atoms with Gasteiger partial charge in [-0.05, 0) is 6.07 Å². The highest BCUT2D eigenvalue weighted by Gasteiger charge is 2.33. The summed E-state index contributed by atoms with van der Waals surface area (Å²) in [6.07, 6.45) is -4.94. The molecule has 0 saturated heterocycles. The largest absolute Gasteiger partial charge is 0.573 e. The van der Waals surface area contributed by atoms with E-state index in [4.69, 9.17) is 46.4 Å². The van der Waals surface area contributed by atoms with E-state index in [0.29, 0.717) is 11.8 Å². The van der Waals surface area contributed by atoms with Crippen LogP contribution in [0.2, 0.25) is 10.0 Å². The number of alkyl halides is 6. The Morgan fingerprint density at radius 3 is 2.16 bits per heavy atom. The summed E-state index contributed by atoms with van der Waals surface area (Å²) in [5.74, 6) is -0.662. The van der Waals surface area contributed by atoms with Gasteiger partial charge in [0.25, 0.3) is 4.52 Å². The number of rotatable bonds is 5. The third-order valence-corrected chi connectivity index (χ3v) is 4.20. The van der Waals surface area contributed by atoms with Gasteiger partial charge in [0.15, 0.2) is 0 Å². The Morgan fingerprint density at radius 2 is 1.72 bits per heavy atom. The fourth-order valence-corrected chi connectivity index (χ4v) is 3.15. The lowest BCUT2D eigenvalue weighted by Gasteiger charge is -2.17. The Labute approximate surface area is 162 Å². The Balaban J connectivity index is 2.58. The molecule has 1 aromatic carbocycles.